The molecule has 0 bridgehead atoms. The lowest BCUT2D eigenvalue weighted by Crippen LogP contribution is -2.32. The van der Waals surface area contributed by atoms with E-state index in [0.717, 1.165) is 17.8 Å². The van der Waals surface area contributed by atoms with Crippen LogP contribution in [0.25, 0.3) is 0 Å². The fourth-order valence-corrected chi connectivity index (χ4v) is 3.06. The first-order valence-corrected chi connectivity index (χ1v) is 7.38. The van der Waals surface area contributed by atoms with Gasteiger partial charge in [0.2, 0.25) is 10.0 Å². The first kappa shape index (κ1) is 14.2. The summed E-state index contributed by atoms with van der Waals surface area (Å²) >= 11 is 5.63. The highest BCUT2D eigenvalue weighted by Crippen LogP contribution is 2.18. The van der Waals surface area contributed by atoms with Crippen LogP contribution < -0.4 is 4.72 Å². The minimum absolute atomic E-state index is 0.0247. The first-order chi connectivity index (χ1) is 8.87. The number of halogens is 2. The molecular weight excluding hydrogens is 295 g/mol. The highest BCUT2D eigenvalue weighted by Gasteiger charge is 2.22. The molecular formula is C11H12ClFN2O3S. The van der Waals surface area contributed by atoms with Crippen molar-refractivity contribution in [3.05, 3.63) is 29.0 Å². The van der Waals surface area contributed by atoms with Gasteiger partial charge in [-0.1, -0.05) is 16.8 Å². The van der Waals surface area contributed by atoms with E-state index in [0.29, 0.717) is 6.42 Å². The van der Waals surface area contributed by atoms with Gasteiger partial charge in [-0.25, -0.2) is 17.5 Å². The fourth-order valence-electron chi connectivity index (χ4n) is 1.65. The average molecular weight is 307 g/mol. The summed E-state index contributed by atoms with van der Waals surface area (Å²) in [6.45, 7) is 1.86. The van der Waals surface area contributed by atoms with Crippen LogP contribution >= 0.6 is 11.6 Å². The molecule has 1 aromatic carbocycles. The summed E-state index contributed by atoms with van der Waals surface area (Å²) in [5.74, 6) is -0.704. The number of oxime groups is 1. The second-order valence-corrected chi connectivity index (χ2v) is 6.42. The summed E-state index contributed by atoms with van der Waals surface area (Å²) in [5, 5.41) is 3.74. The van der Waals surface area contributed by atoms with Crippen LogP contribution in [0.2, 0.25) is 5.02 Å². The van der Waals surface area contributed by atoms with Crippen molar-refractivity contribution < 1.29 is 17.6 Å². The molecule has 0 saturated carbocycles. The largest absolute Gasteiger partial charge is 0.391 e. The van der Waals surface area contributed by atoms with Crippen molar-refractivity contribution >= 4 is 27.3 Å². The van der Waals surface area contributed by atoms with Crippen LogP contribution in [0.4, 0.5) is 4.39 Å². The molecule has 0 spiro atoms. The molecule has 1 aromatic rings. The molecule has 1 aliphatic rings. The van der Waals surface area contributed by atoms with Gasteiger partial charge in [0.1, 0.15) is 11.9 Å². The summed E-state index contributed by atoms with van der Waals surface area (Å²) < 4.78 is 39.4. The molecule has 0 aliphatic carbocycles. The Hall–Kier alpha value is -1.18. The van der Waals surface area contributed by atoms with E-state index in [4.69, 9.17) is 16.4 Å². The predicted octanol–water partition coefficient (Wildman–Crippen LogP) is 1.92. The Bertz CT molecular complexity index is 598. The molecule has 1 N–H and O–H groups in total. The molecule has 5 nitrogen and oxygen atoms in total. The van der Waals surface area contributed by atoms with Gasteiger partial charge in [0.25, 0.3) is 0 Å². The van der Waals surface area contributed by atoms with Crippen molar-refractivity contribution in [1.29, 1.82) is 0 Å². The van der Waals surface area contributed by atoms with Crippen molar-refractivity contribution in [2.24, 2.45) is 5.16 Å². The zero-order chi connectivity index (χ0) is 14.0. The first-order valence-electron chi connectivity index (χ1n) is 5.52. The zero-order valence-corrected chi connectivity index (χ0v) is 11.6. The molecule has 0 fully saturated rings. The normalized spacial score (nSPS) is 19.1. The van der Waals surface area contributed by atoms with Crippen LogP contribution in [0.1, 0.15) is 13.3 Å². The summed E-state index contributed by atoms with van der Waals surface area (Å²) in [6.07, 6.45) is 0.227. The molecule has 8 heteroatoms. The summed E-state index contributed by atoms with van der Waals surface area (Å²) in [7, 11) is -3.82. The maximum absolute atomic E-state index is 13.1. The molecule has 2 rings (SSSR count). The second kappa shape index (κ2) is 5.44. The van der Waals surface area contributed by atoms with Gasteiger partial charge in [-0.15, -0.1) is 0 Å². The third-order valence-electron chi connectivity index (χ3n) is 2.53. The predicted molar refractivity (Wildman–Crippen MR) is 69.2 cm³/mol. The lowest BCUT2D eigenvalue weighted by Gasteiger charge is -2.10. The third kappa shape index (κ3) is 3.65. The molecule has 0 amide bonds. The van der Waals surface area contributed by atoms with Crippen molar-refractivity contribution in [1.82, 2.24) is 4.72 Å². The molecule has 0 unspecified atom stereocenters. The van der Waals surface area contributed by atoms with Crippen LogP contribution in [0.3, 0.4) is 0 Å². The summed E-state index contributed by atoms with van der Waals surface area (Å²) in [4.78, 5) is 4.79. The standard InChI is InChI=1S/C11H12ClFN2O3S/c1-7-2-10(18-15-7)6-14-19(16,17)11-4-8(12)3-9(13)5-11/h3-5,10,14H,2,6H2,1H3/t10-/m1/s1. The smallest absolute Gasteiger partial charge is 0.240 e. The van der Waals surface area contributed by atoms with E-state index in [1.54, 1.807) is 6.92 Å². The van der Waals surface area contributed by atoms with E-state index in [1.807, 2.05) is 0 Å². The molecule has 0 radical (unpaired) electrons. The molecule has 1 heterocycles. The van der Waals surface area contributed by atoms with Gasteiger partial charge in [-0.05, 0) is 25.1 Å². The number of nitrogens with one attached hydrogen (secondary N) is 1. The van der Waals surface area contributed by atoms with Gasteiger partial charge in [-0.3, -0.25) is 0 Å². The second-order valence-electron chi connectivity index (χ2n) is 4.22. The van der Waals surface area contributed by atoms with Gasteiger partial charge in [0, 0.05) is 11.4 Å². The number of rotatable bonds is 4. The molecule has 1 atom stereocenters. The molecule has 0 aromatic heterocycles. The quantitative estimate of drug-likeness (QED) is 0.924. The van der Waals surface area contributed by atoms with Crippen molar-refractivity contribution in [2.75, 3.05) is 6.54 Å². The summed E-state index contributed by atoms with van der Waals surface area (Å²) in [6, 6.07) is 3.13. The van der Waals surface area contributed by atoms with Crippen LogP contribution in [0, 0.1) is 5.82 Å². The topological polar surface area (TPSA) is 67.8 Å². The van der Waals surface area contributed by atoms with Gasteiger partial charge >= 0.3 is 0 Å². The van der Waals surface area contributed by atoms with Crippen LogP contribution in [0.5, 0.6) is 0 Å². The number of sulfonamides is 1. The SMILES string of the molecule is CC1=NO[C@@H](CNS(=O)(=O)c2cc(F)cc(Cl)c2)C1. The molecule has 19 heavy (non-hydrogen) atoms. The Kier molecular flexibility index (Phi) is 4.07. The highest BCUT2D eigenvalue weighted by atomic mass is 35.5. The lowest BCUT2D eigenvalue weighted by molar-refractivity contribution is 0.0891. The van der Waals surface area contributed by atoms with Crippen molar-refractivity contribution in [3.8, 4) is 0 Å². The fraction of sp³-hybridized carbons (Fsp3) is 0.364. The maximum Gasteiger partial charge on any atom is 0.240 e. The van der Waals surface area contributed by atoms with Gasteiger partial charge in [0.15, 0.2) is 0 Å². The average Bonchev–Trinajstić information content (AvgIpc) is 2.71. The number of benzene rings is 1. The van der Waals surface area contributed by atoms with E-state index in [-0.39, 0.29) is 22.6 Å². The van der Waals surface area contributed by atoms with Crippen molar-refractivity contribution in [3.63, 3.8) is 0 Å². The maximum atomic E-state index is 13.1. The minimum Gasteiger partial charge on any atom is -0.391 e. The molecule has 1 aliphatic heterocycles. The third-order valence-corrected chi connectivity index (χ3v) is 4.15. The number of hydrogen-bond acceptors (Lipinski definition) is 4. The van der Waals surface area contributed by atoms with E-state index in [2.05, 4.69) is 9.88 Å². The minimum atomic E-state index is -3.82. The molecule has 104 valence electrons. The van der Waals surface area contributed by atoms with Crippen LogP contribution in [0.15, 0.2) is 28.3 Å². The lowest BCUT2D eigenvalue weighted by atomic mass is 10.2. The van der Waals surface area contributed by atoms with Crippen LogP contribution in [-0.4, -0.2) is 26.8 Å². The number of nitrogens with zero attached hydrogens (tertiary/aromatic N) is 1. The Morgan fingerprint density at radius 3 is 2.84 bits per heavy atom. The Morgan fingerprint density at radius 1 is 1.53 bits per heavy atom. The van der Waals surface area contributed by atoms with E-state index in [9.17, 15) is 12.8 Å². The Morgan fingerprint density at radius 2 is 2.26 bits per heavy atom. The highest BCUT2D eigenvalue weighted by molar-refractivity contribution is 7.89. The van der Waals surface area contributed by atoms with Gasteiger partial charge in [0.05, 0.1) is 17.2 Å². The number of hydrogen-bond donors (Lipinski definition) is 1. The summed E-state index contributed by atoms with van der Waals surface area (Å²) in [5.41, 5.74) is 0.804. The van der Waals surface area contributed by atoms with Gasteiger partial charge in [-0.2, -0.15) is 0 Å². The molecule has 0 saturated heterocycles. The van der Waals surface area contributed by atoms with E-state index >= 15 is 0 Å². The van der Waals surface area contributed by atoms with Crippen LogP contribution in [-0.2, 0) is 14.9 Å². The Labute approximate surface area is 115 Å². The zero-order valence-electron chi connectivity index (χ0n) is 10.1. The monoisotopic (exact) mass is 306 g/mol. The van der Waals surface area contributed by atoms with Gasteiger partial charge < -0.3 is 4.84 Å². The van der Waals surface area contributed by atoms with E-state index in [1.165, 1.54) is 6.07 Å². The Balaban J connectivity index is 2.06. The van der Waals surface area contributed by atoms with Crippen molar-refractivity contribution in [2.45, 2.75) is 24.3 Å². The van der Waals surface area contributed by atoms with E-state index < -0.39 is 15.8 Å².